The fourth-order valence-electron chi connectivity index (χ4n) is 2.14. The van der Waals surface area contributed by atoms with Gasteiger partial charge in [-0.2, -0.15) is 0 Å². The molecule has 2 rings (SSSR count). The average molecular weight is 440 g/mol. The predicted molar refractivity (Wildman–Crippen MR) is 105 cm³/mol. The van der Waals surface area contributed by atoms with Gasteiger partial charge in [-0.3, -0.25) is 0 Å². The SMILES string of the molecule is CC(C)(C)OC(=O)[C@H](Cc1ccc(Br)s1)NC(=O)OCc1ccccc1. The Kier molecular flexibility index (Phi) is 7.23. The van der Waals surface area contributed by atoms with Gasteiger partial charge in [0.2, 0.25) is 0 Å². The number of benzene rings is 1. The third-order valence-electron chi connectivity index (χ3n) is 3.23. The van der Waals surface area contributed by atoms with E-state index in [0.717, 1.165) is 14.2 Å². The number of rotatable bonds is 6. The average Bonchev–Trinajstić information content (AvgIpc) is 2.97. The molecule has 1 aromatic heterocycles. The first kappa shape index (κ1) is 20.5. The van der Waals surface area contributed by atoms with E-state index in [2.05, 4.69) is 21.2 Å². The topological polar surface area (TPSA) is 64.6 Å². The van der Waals surface area contributed by atoms with Crippen LogP contribution in [0.5, 0.6) is 0 Å². The van der Waals surface area contributed by atoms with Crippen LogP contribution in [0.3, 0.4) is 0 Å². The maximum Gasteiger partial charge on any atom is 0.408 e. The van der Waals surface area contributed by atoms with Crippen LogP contribution in [0.4, 0.5) is 4.79 Å². The molecule has 0 radical (unpaired) electrons. The number of nitrogens with one attached hydrogen (secondary N) is 1. The van der Waals surface area contributed by atoms with Crippen molar-refractivity contribution in [1.29, 1.82) is 0 Å². The molecule has 0 unspecified atom stereocenters. The monoisotopic (exact) mass is 439 g/mol. The summed E-state index contributed by atoms with van der Waals surface area (Å²) in [5.74, 6) is -0.487. The lowest BCUT2D eigenvalue weighted by Gasteiger charge is -2.24. The quantitative estimate of drug-likeness (QED) is 0.662. The van der Waals surface area contributed by atoms with E-state index >= 15 is 0 Å². The second-order valence-corrected chi connectivity index (χ2v) is 9.25. The zero-order valence-corrected chi connectivity index (χ0v) is 17.4. The van der Waals surface area contributed by atoms with E-state index in [1.165, 1.54) is 11.3 Å². The largest absolute Gasteiger partial charge is 0.458 e. The van der Waals surface area contributed by atoms with E-state index in [9.17, 15) is 9.59 Å². The van der Waals surface area contributed by atoms with Crippen LogP contribution in [-0.2, 0) is 27.3 Å². The third kappa shape index (κ3) is 7.17. The molecule has 0 spiro atoms. The molecule has 140 valence electrons. The summed E-state index contributed by atoms with van der Waals surface area (Å²) in [7, 11) is 0. The highest BCUT2D eigenvalue weighted by Gasteiger charge is 2.28. The van der Waals surface area contributed by atoms with Crippen LogP contribution in [-0.4, -0.2) is 23.7 Å². The Balaban J connectivity index is 1.99. The molecule has 0 fully saturated rings. The van der Waals surface area contributed by atoms with Crippen LogP contribution in [0.2, 0.25) is 0 Å². The molecule has 1 heterocycles. The predicted octanol–water partition coefficient (Wildman–Crippen LogP) is 4.69. The molecule has 0 saturated carbocycles. The molecule has 26 heavy (non-hydrogen) atoms. The number of carbonyl (C=O) groups excluding carboxylic acids is 2. The molecule has 0 bridgehead atoms. The molecule has 0 aliphatic rings. The molecule has 7 heteroatoms. The Labute approximate surface area is 165 Å². The number of amides is 1. The molecule has 1 amide bonds. The number of alkyl carbamates (subject to hydrolysis) is 1. The van der Waals surface area contributed by atoms with Gasteiger partial charge in [0.05, 0.1) is 3.79 Å². The number of ether oxygens (including phenoxy) is 2. The van der Waals surface area contributed by atoms with Crippen LogP contribution in [0.25, 0.3) is 0 Å². The highest BCUT2D eigenvalue weighted by atomic mass is 79.9. The van der Waals surface area contributed by atoms with Gasteiger partial charge >= 0.3 is 12.1 Å². The van der Waals surface area contributed by atoms with Gasteiger partial charge < -0.3 is 14.8 Å². The van der Waals surface area contributed by atoms with Crippen molar-refractivity contribution in [3.63, 3.8) is 0 Å². The highest BCUT2D eigenvalue weighted by molar-refractivity contribution is 9.11. The van der Waals surface area contributed by atoms with E-state index in [0.29, 0.717) is 6.42 Å². The molecule has 1 N–H and O–H groups in total. The van der Waals surface area contributed by atoms with Gasteiger partial charge in [0.15, 0.2) is 0 Å². The van der Waals surface area contributed by atoms with E-state index in [-0.39, 0.29) is 6.61 Å². The lowest BCUT2D eigenvalue weighted by molar-refractivity contribution is -0.157. The van der Waals surface area contributed by atoms with E-state index in [1.807, 2.05) is 42.5 Å². The molecular weight excluding hydrogens is 418 g/mol. The molecule has 0 aliphatic heterocycles. The number of thiophene rings is 1. The van der Waals surface area contributed by atoms with Crippen LogP contribution >= 0.6 is 27.3 Å². The third-order valence-corrected chi connectivity index (χ3v) is 4.88. The smallest absolute Gasteiger partial charge is 0.408 e. The molecule has 5 nitrogen and oxygen atoms in total. The van der Waals surface area contributed by atoms with Crippen molar-refractivity contribution in [2.24, 2.45) is 0 Å². The zero-order chi connectivity index (χ0) is 19.2. The second-order valence-electron chi connectivity index (χ2n) is 6.70. The van der Waals surface area contributed by atoms with Gasteiger partial charge in [-0.1, -0.05) is 30.3 Å². The molecular formula is C19H22BrNO4S. The molecule has 0 saturated heterocycles. The van der Waals surface area contributed by atoms with Crippen LogP contribution in [0.1, 0.15) is 31.2 Å². The van der Waals surface area contributed by atoms with Crippen molar-refractivity contribution in [3.8, 4) is 0 Å². The minimum absolute atomic E-state index is 0.137. The Hall–Kier alpha value is -1.86. The summed E-state index contributed by atoms with van der Waals surface area (Å²) in [4.78, 5) is 25.6. The standard InChI is InChI=1S/C19H22BrNO4S/c1-19(2,3)25-17(22)15(11-14-9-10-16(20)26-14)21-18(23)24-12-13-7-5-4-6-8-13/h4-10,15H,11-12H2,1-3H3,(H,21,23)/t15-/m0/s1. The van der Waals surface area contributed by atoms with E-state index in [4.69, 9.17) is 9.47 Å². The summed E-state index contributed by atoms with van der Waals surface area (Å²) in [5.41, 5.74) is 0.236. The number of hydrogen-bond acceptors (Lipinski definition) is 5. The summed E-state index contributed by atoms with van der Waals surface area (Å²) in [6.45, 7) is 5.50. The first-order valence-corrected chi connectivity index (χ1v) is 9.78. The van der Waals surface area contributed by atoms with E-state index < -0.39 is 23.7 Å². The maximum atomic E-state index is 12.5. The molecule has 0 aliphatic carbocycles. The normalized spacial score (nSPS) is 12.3. The minimum atomic E-state index is -0.817. The number of esters is 1. The Morgan fingerprint density at radius 1 is 1.15 bits per heavy atom. The first-order chi connectivity index (χ1) is 12.2. The number of hydrogen-bond donors (Lipinski definition) is 1. The second kappa shape index (κ2) is 9.19. The number of carbonyl (C=O) groups is 2. The van der Waals surface area contributed by atoms with Crippen molar-refractivity contribution in [2.75, 3.05) is 0 Å². The first-order valence-electron chi connectivity index (χ1n) is 8.17. The minimum Gasteiger partial charge on any atom is -0.458 e. The molecule has 1 aromatic carbocycles. The fraction of sp³-hybridized carbons (Fsp3) is 0.368. The van der Waals surface area contributed by atoms with Gasteiger partial charge in [0.25, 0.3) is 0 Å². The van der Waals surface area contributed by atoms with Crippen molar-refractivity contribution in [2.45, 2.75) is 45.4 Å². The van der Waals surface area contributed by atoms with Crippen molar-refractivity contribution in [3.05, 3.63) is 56.7 Å². The number of halogens is 1. The maximum absolute atomic E-state index is 12.5. The Morgan fingerprint density at radius 3 is 2.42 bits per heavy atom. The summed E-state index contributed by atoms with van der Waals surface area (Å²) in [6, 6.07) is 12.3. The van der Waals surface area contributed by atoms with Gasteiger partial charge in [-0.25, -0.2) is 9.59 Å². The summed E-state index contributed by atoms with van der Waals surface area (Å²) in [5, 5.41) is 2.62. The van der Waals surface area contributed by atoms with Gasteiger partial charge in [0, 0.05) is 11.3 Å². The Bertz CT molecular complexity index is 739. The highest BCUT2D eigenvalue weighted by Crippen LogP contribution is 2.23. The lowest BCUT2D eigenvalue weighted by atomic mass is 10.1. The van der Waals surface area contributed by atoms with Crippen molar-refractivity contribution < 1.29 is 19.1 Å². The van der Waals surface area contributed by atoms with Crippen LogP contribution < -0.4 is 5.32 Å². The van der Waals surface area contributed by atoms with Crippen LogP contribution in [0.15, 0.2) is 46.3 Å². The fourth-order valence-corrected chi connectivity index (χ4v) is 3.66. The van der Waals surface area contributed by atoms with Crippen molar-refractivity contribution >= 4 is 39.3 Å². The Morgan fingerprint density at radius 2 is 1.85 bits per heavy atom. The summed E-state index contributed by atoms with van der Waals surface area (Å²) < 4.78 is 11.6. The van der Waals surface area contributed by atoms with Gasteiger partial charge in [-0.05, 0) is 54.4 Å². The van der Waals surface area contributed by atoms with Gasteiger partial charge in [0.1, 0.15) is 18.2 Å². The molecule has 1 atom stereocenters. The van der Waals surface area contributed by atoms with E-state index in [1.54, 1.807) is 20.8 Å². The van der Waals surface area contributed by atoms with Crippen LogP contribution in [0, 0.1) is 0 Å². The van der Waals surface area contributed by atoms with Crippen molar-refractivity contribution in [1.82, 2.24) is 5.32 Å². The summed E-state index contributed by atoms with van der Waals surface area (Å²) >= 11 is 4.91. The summed E-state index contributed by atoms with van der Waals surface area (Å²) in [6.07, 6.45) is -0.314. The lowest BCUT2D eigenvalue weighted by Crippen LogP contribution is -2.45. The van der Waals surface area contributed by atoms with Gasteiger partial charge in [-0.15, -0.1) is 11.3 Å². The molecule has 2 aromatic rings. The zero-order valence-electron chi connectivity index (χ0n) is 15.0.